The predicted octanol–water partition coefficient (Wildman–Crippen LogP) is 2.65. The Bertz CT molecular complexity index is 542. The second-order valence-electron chi connectivity index (χ2n) is 6.62. The van der Waals surface area contributed by atoms with Crippen molar-refractivity contribution in [2.75, 3.05) is 7.11 Å². The van der Waals surface area contributed by atoms with Crippen LogP contribution < -0.4 is 5.32 Å². The second-order valence-corrected chi connectivity index (χ2v) is 6.62. The highest BCUT2D eigenvalue weighted by Gasteiger charge is 2.35. The average Bonchev–Trinajstić information content (AvgIpc) is 2.85. The molecule has 1 rings (SSSR count). The Morgan fingerprint density at radius 3 is 2.36 bits per heavy atom. The van der Waals surface area contributed by atoms with Crippen LogP contribution in [0.5, 0.6) is 0 Å². The van der Waals surface area contributed by atoms with Crippen molar-refractivity contribution >= 4 is 12.1 Å². The third-order valence-corrected chi connectivity index (χ3v) is 3.27. The van der Waals surface area contributed by atoms with E-state index >= 15 is 0 Å². The maximum absolute atomic E-state index is 11.8. The minimum absolute atomic E-state index is 0.0926. The number of carbonyl (C=O) groups excluding carboxylic acids is 2. The van der Waals surface area contributed by atoms with Crippen LogP contribution in [0, 0.1) is 0 Å². The lowest BCUT2D eigenvalue weighted by molar-refractivity contribution is 0.0482. The normalized spacial score (nSPS) is 13.4. The van der Waals surface area contributed by atoms with Crippen molar-refractivity contribution in [2.45, 2.75) is 58.6 Å². The van der Waals surface area contributed by atoms with E-state index in [4.69, 9.17) is 9.15 Å². The Morgan fingerprint density at radius 1 is 1.27 bits per heavy atom. The zero-order valence-electron chi connectivity index (χ0n) is 14.1. The first-order valence-electron chi connectivity index (χ1n) is 7.01. The van der Waals surface area contributed by atoms with Crippen LogP contribution in [0.1, 0.15) is 57.9 Å². The molecule has 124 valence electrons. The number of rotatable bonds is 4. The van der Waals surface area contributed by atoms with Gasteiger partial charge in [0.1, 0.15) is 11.9 Å². The van der Waals surface area contributed by atoms with Crippen LogP contribution in [-0.4, -0.2) is 35.8 Å². The molecule has 1 atom stereocenters. The van der Waals surface area contributed by atoms with Gasteiger partial charge in [-0.1, -0.05) is 0 Å². The van der Waals surface area contributed by atoms with Gasteiger partial charge in [-0.05, 0) is 41.5 Å². The van der Waals surface area contributed by atoms with Crippen molar-refractivity contribution in [2.24, 2.45) is 0 Å². The van der Waals surface area contributed by atoms with Gasteiger partial charge in [-0.25, -0.2) is 14.6 Å². The number of esters is 1. The molecule has 7 heteroatoms. The maximum atomic E-state index is 11.8. The van der Waals surface area contributed by atoms with E-state index in [1.54, 1.807) is 20.8 Å². The van der Waals surface area contributed by atoms with Gasteiger partial charge in [0, 0.05) is 6.04 Å². The zero-order valence-corrected chi connectivity index (χ0v) is 14.1. The van der Waals surface area contributed by atoms with E-state index in [1.807, 2.05) is 20.8 Å². The van der Waals surface area contributed by atoms with E-state index < -0.39 is 23.1 Å². The third kappa shape index (κ3) is 4.47. The molecular weight excluding hydrogens is 288 g/mol. The molecular formula is C15H24N2O5. The van der Waals surface area contributed by atoms with Crippen molar-refractivity contribution in [1.29, 1.82) is 0 Å². The molecule has 0 spiro atoms. The monoisotopic (exact) mass is 312 g/mol. The summed E-state index contributed by atoms with van der Waals surface area (Å²) in [5.41, 5.74) is -1.12. The molecule has 1 aromatic rings. The quantitative estimate of drug-likeness (QED) is 0.859. The molecule has 0 aliphatic carbocycles. The van der Waals surface area contributed by atoms with Gasteiger partial charge in [-0.3, -0.25) is 0 Å². The Labute approximate surface area is 130 Å². The number of hydrogen-bond acceptors (Lipinski definition) is 6. The second kappa shape index (κ2) is 6.37. The first kappa shape index (κ1) is 18.0. The predicted molar refractivity (Wildman–Crippen MR) is 79.7 cm³/mol. The Kier molecular flexibility index (Phi) is 5.22. The van der Waals surface area contributed by atoms with E-state index in [1.165, 1.54) is 13.4 Å². The number of methoxy groups -OCH3 is 1. The lowest BCUT2D eigenvalue weighted by Gasteiger charge is -2.30. The number of nitrogens with one attached hydrogen (secondary N) is 1. The summed E-state index contributed by atoms with van der Waals surface area (Å²) in [7, 11) is 1.27. The molecule has 1 unspecified atom stereocenters. The first-order valence-corrected chi connectivity index (χ1v) is 7.01. The molecule has 1 N–H and O–H groups in total. The lowest BCUT2D eigenvalue weighted by atomic mass is 9.85. The average molecular weight is 312 g/mol. The molecule has 0 aliphatic heterocycles. The van der Waals surface area contributed by atoms with Gasteiger partial charge in [0.25, 0.3) is 0 Å². The van der Waals surface area contributed by atoms with Crippen LogP contribution in [0.2, 0.25) is 0 Å². The topological polar surface area (TPSA) is 90.7 Å². The fourth-order valence-corrected chi connectivity index (χ4v) is 1.62. The fraction of sp³-hybridized carbons (Fsp3) is 0.667. The van der Waals surface area contributed by atoms with Gasteiger partial charge in [-0.2, -0.15) is 0 Å². The van der Waals surface area contributed by atoms with Gasteiger partial charge in [0.2, 0.25) is 5.89 Å². The SMILES string of the molecule is COC(=O)c1coc(C(C)(C)C(C)NC(=O)OC(C)(C)C)n1. The smallest absolute Gasteiger partial charge is 0.407 e. The molecule has 0 aliphatic rings. The van der Waals surface area contributed by atoms with E-state index in [9.17, 15) is 9.59 Å². The third-order valence-electron chi connectivity index (χ3n) is 3.27. The van der Waals surface area contributed by atoms with Crippen LogP contribution in [0.15, 0.2) is 10.7 Å². The van der Waals surface area contributed by atoms with Crippen LogP contribution in [0.4, 0.5) is 4.79 Å². The highest BCUT2D eigenvalue weighted by atomic mass is 16.6. The number of alkyl carbamates (subject to hydrolysis) is 1. The molecule has 0 radical (unpaired) electrons. The summed E-state index contributed by atoms with van der Waals surface area (Å²) in [4.78, 5) is 27.4. The van der Waals surface area contributed by atoms with E-state index in [-0.39, 0.29) is 11.7 Å². The van der Waals surface area contributed by atoms with Crippen molar-refractivity contribution in [1.82, 2.24) is 10.3 Å². The summed E-state index contributed by atoms with van der Waals surface area (Å²) >= 11 is 0. The first-order chi connectivity index (χ1) is 9.97. The Morgan fingerprint density at radius 2 is 1.86 bits per heavy atom. The number of oxazole rings is 1. The highest BCUT2D eigenvalue weighted by molar-refractivity contribution is 5.86. The highest BCUT2D eigenvalue weighted by Crippen LogP contribution is 2.27. The van der Waals surface area contributed by atoms with Crippen molar-refractivity contribution < 1.29 is 23.5 Å². The molecule has 0 saturated heterocycles. The van der Waals surface area contributed by atoms with Crippen LogP contribution >= 0.6 is 0 Å². The largest absolute Gasteiger partial charge is 0.464 e. The molecule has 0 fully saturated rings. The van der Waals surface area contributed by atoms with Gasteiger partial charge < -0.3 is 19.2 Å². The summed E-state index contributed by atoms with van der Waals surface area (Å²) in [5.74, 6) is -0.241. The van der Waals surface area contributed by atoms with Gasteiger partial charge in [0.15, 0.2) is 5.69 Å². The van der Waals surface area contributed by atoms with Crippen LogP contribution in [0.25, 0.3) is 0 Å². The molecule has 7 nitrogen and oxygen atoms in total. The van der Waals surface area contributed by atoms with E-state index in [2.05, 4.69) is 15.0 Å². The lowest BCUT2D eigenvalue weighted by Crippen LogP contribution is -2.47. The van der Waals surface area contributed by atoms with Crippen LogP contribution in [0.3, 0.4) is 0 Å². The van der Waals surface area contributed by atoms with Crippen molar-refractivity contribution in [3.63, 3.8) is 0 Å². The molecule has 0 bridgehead atoms. The minimum Gasteiger partial charge on any atom is -0.464 e. The Balaban J connectivity index is 2.82. The molecule has 1 heterocycles. The maximum Gasteiger partial charge on any atom is 0.407 e. The summed E-state index contributed by atoms with van der Waals surface area (Å²) < 4.78 is 15.2. The summed E-state index contributed by atoms with van der Waals surface area (Å²) in [5, 5.41) is 2.75. The molecule has 0 saturated carbocycles. The number of amides is 1. The fourth-order valence-electron chi connectivity index (χ4n) is 1.62. The number of nitrogens with zero attached hydrogens (tertiary/aromatic N) is 1. The summed E-state index contributed by atoms with van der Waals surface area (Å²) in [6.45, 7) is 10.9. The minimum atomic E-state index is -0.636. The van der Waals surface area contributed by atoms with E-state index in [0.29, 0.717) is 5.89 Å². The summed E-state index contributed by atoms with van der Waals surface area (Å²) in [6.07, 6.45) is 0.719. The number of ether oxygens (including phenoxy) is 2. The number of carbonyl (C=O) groups is 2. The molecule has 22 heavy (non-hydrogen) atoms. The number of hydrogen-bond donors (Lipinski definition) is 1. The molecule has 0 aromatic carbocycles. The summed E-state index contributed by atoms with van der Waals surface area (Å²) in [6, 6.07) is -0.327. The van der Waals surface area contributed by atoms with Crippen molar-refractivity contribution in [3.05, 3.63) is 17.8 Å². The zero-order chi connectivity index (χ0) is 17.1. The Hall–Kier alpha value is -2.05. The van der Waals surface area contributed by atoms with Crippen molar-refractivity contribution in [3.8, 4) is 0 Å². The van der Waals surface area contributed by atoms with Gasteiger partial charge in [-0.15, -0.1) is 0 Å². The van der Waals surface area contributed by atoms with Gasteiger partial charge in [0.05, 0.1) is 12.5 Å². The van der Waals surface area contributed by atoms with Crippen LogP contribution in [-0.2, 0) is 14.9 Å². The standard InChI is InChI=1S/C15H24N2O5/c1-9(16-13(19)22-14(2,3)4)15(5,6)12-17-10(8-21-12)11(18)20-7/h8-9H,1-7H3,(H,16,19). The van der Waals surface area contributed by atoms with E-state index in [0.717, 1.165) is 0 Å². The van der Waals surface area contributed by atoms with Gasteiger partial charge >= 0.3 is 12.1 Å². The molecule has 1 amide bonds. The number of aromatic nitrogens is 1. The molecule has 1 aromatic heterocycles.